The van der Waals surface area contributed by atoms with Crippen LogP contribution in [0.25, 0.3) is 10.9 Å². The molecule has 1 amide bonds. The van der Waals surface area contributed by atoms with Gasteiger partial charge in [-0.25, -0.2) is 12.8 Å². The second-order valence-electron chi connectivity index (χ2n) is 8.89. The number of carbonyl (C=O) groups is 1. The van der Waals surface area contributed by atoms with Crippen molar-refractivity contribution in [1.29, 1.82) is 0 Å². The zero-order valence-electron chi connectivity index (χ0n) is 19.7. The van der Waals surface area contributed by atoms with E-state index in [9.17, 15) is 17.6 Å². The summed E-state index contributed by atoms with van der Waals surface area (Å²) in [5, 5.41) is 1.20. The largest absolute Gasteiger partial charge is 0.368 e. The summed E-state index contributed by atoms with van der Waals surface area (Å²) >= 11 is 6.18. The molecule has 9 heteroatoms. The Morgan fingerprint density at radius 2 is 1.67 bits per heavy atom. The van der Waals surface area contributed by atoms with Crippen molar-refractivity contribution in [2.75, 3.05) is 31.1 Å². The molecule has 186 valence electrons. The first kappa shape index (κ1) is 24.3. The first-order valence-corrected chi connectivity index (χ1v) is 13.5. The molecule has 0 saturated carbocycles. The Kier molecular flexibility index (Phi) is 6.49. The molecule has 0 N–H and O–H groups in total. The summed E-state index contributed by atoms with van der Waals surface area (Å²) in [7, 11) is -3.90. The lowest BCUT2D eigenvalue weighted by atomic mass is 10.1. The van der Waals surface area contributed by atoms with Gasteiger partial charge in [0.15, 0.2) is 0 Å². The molecule has 1 aliphatic rings. The van der Waals surface area contributed by atoms with Crippen molar-refractivity contribution in [1.82, 2.24) is 9.47 Å². The van der Waals surface area contributed by atoms with Crippen LogP contribution in [0.1, 0.15) is 5.56 Å². The minimum Gasteiger partial charge on any atom is -0.368 e. The molecule has 6 nitrogen and oxygen atoms in total. The first-order chi connectivity index (χ1) is 17.2. The lowest BCUT2D eigenvalue weighted by Crippen LogP contribution is -2.49. The van der Waals surface area contributed by atoms with Crippen molar-refractivity contribution in [3.05, 3.63) is 89.3 Å². The van der Waals surface area contributed by atoms with Crippen LogP contribution in [-0.4, -0.2) is 50.0 Å². The lowest BCUT2D eigenvalue weighted by Gasteiger charge is -2.37. The number of aryl methyl sites for hydroxylation is 1. The van der Waals surface area contributed by atoms with E-state index in [1.54, 1.807) is 27.7 Å². The maximum absolute atomic E-state index is 13.4. The normalized spacial score (nSPS) is 14.4. The Bertz CT molecular complexity index is 1540. The zero-order chi connectivity index (χ0) is 25.4. The molecule has 1 aromatic heterocycles. The third-order valence-corrected chi connectivity index (χ3v) is 8.65. The smallest absolute Gasteiger partial charge is 0.242 e. The van der Waals surface area contributed by atoms with E-state index in [-0.39, 0.29) is 22.2 Å². The number of amides is 1. The summed E-state index contributed by atoms with van der Waals surface area (Å²) in [5.41, 5.74) is 2.86. The van der Waals surface area contributed by atoms with Crippen LogP contribution in [0.3, 0.4) is 0 Å². The summed E-state index contributed by atoms with van der Waals surface area (Å²) in [6, 6.07) is 17.6. The fourth-order valence-corrected chi connectivity index (χ4v) is 6.31. The molecule has 0 aliphatic carbocycles. The summed E-state index contributed by atoms with van der Waals surface area (Å²) in [5.74, 6) is -0.587. The third-order valence-electron chi connectivity index (χ3n) is 6.62. The van der Waals surface area contributed by atoms with Gasteiger partial charge in [0, 0.05) is 54.0 Å². The van der Waals surface area contributed by atoms with Gasteiger partial charge < -0.3 is 14.4 Å². The van der Waals surface area contributed by atoms with Gasteiger partial charge in [-0.3, -0.25) is 4.79 Å². The summed E-state index contributed by atoms with van der Waals surface area (Å²) < 4.78 is 41.7. The summed E-state index contributed by atoms with van der Waals surface area (Å²) in [4.78, 5) is 17.3. The van der Waals surface area contributed by atoms with Crippen LogP contribution in [0.5, 0.6) is 0 Å². The zero-order valence-corrected chi connectivity index (χ0v) is 21.3. The SMILES string of the molecule is Cc1ccc(Cl)cc1N1CCN(C(=O)Cn2cc(S(=O)(=O)c3ccc(F)cc3)c3ccccc32)CC1. The van der Waals surface area contributed by atoms with E-state index in [2.05, 4.69) is 4.90 Å². The molecule has 2 heterocycles. The molecule has 5 rings (SSSR count). The second-order valence-corrected chi connectivity index (χ2v) is 11.2. The molecule has 0 bridgehead atoms. The van der Waals surface area contributed by atoms with Gasteiger partial charge in [-0.1, -0.05) is 35.9 Å². The van der Waals surface area contributed by atoms with Crippen molar-refractivity contribution in [2.24, 2.45) is 0 Å². The van der Waals surface area contributed by atoms with Crippen LogP contribution in [-0.2, 0) is 21.2 Å². The van der Waals surface area contributed by atoms with Crippen molar-refractivity contribution < 1.29 is 17.6 Å². The molecule has 1 fully saturated rings. The Balaban J connectivity index is 1.36. The fourth-order valence-electron chi connectivity index (χ4n) is 4.66. The summed E-state index contributed by atoms with van der Waals surface area (Å²) in [6.07, 6.45) is 1.51. The van der Waals surface area contributed by atoms with Gasteiger partial charge in [0.1, 0.15) is 12.4 Å². The number of sulfone groups is 1. The van der Waals surface area contributed by atoms with E-state index < -0.39 is 15.7 Å². The summed E-state index contributed by atoms with van der Waals surface area (Å²) in [6.45, 7) is 4.55. The minimum absolute atomic E-state index is 0.00515. The molecular weight excluding hydrogens is 501 g/mol. The highest BCUT2D eigenvalue weighted by Crippen LogP contribution is 2.31. The van der Waals surface area contributed by atoms with E-state index in [1.165, 1.54) is 18.3 Å². The van der Waals surface area contributed by atoms with Crippen LogP contribution < -0.4 is 4.90 Å². The average Bonchev–Trinajstić information content (AvgIpc) is 3.25. The van der Waals surface area contributed by atoms with Gasteiger partial charge in [0.05, 0.1) is 9.79 Å². The van der Waals surface area contributed by atoms with Gasteiger partial charge in [-0.15, -0.1) is 0 Å². The molecule has 1 saturated heterocycles. The van der Waals surface area contributed by atoms with Gasteiger partial charge in [-0.05, 0) is 55.0 Å². The highest BCUT2D eigenvalue weighted by atomic mass is 35.5. The van der Waals surface area contributed by atoms with E-state index in [0.29, 0.717) is 42.1 Å². The number of carbonyl (C=O) groups excluding carboxylic acids is 1. The van der Waals surface area contributed by atoms with Crippen LogP contribution in [0, 0.1) is 12.7 Å². The van der Waals surface area contributed by atoms with Gasteiger partial charge in [0.2, 0.25) is 15.7 Å². The highest BCUT2D eigenvalue weighted by molar-refractivity contribution is 7.91. The van der Waals surface area contributed by atoms with Gasteiger partial charge >= 0.3 is 0 Å². The van der Waals surface area contributed by atoms with Crippen LogP contribution in [0.2, 0.25) is 5.02 Å². The number of halogens is 2. The number of hydrogen-bond donors (Lipinski definition) is 0. The predicted octanol–water partition coefficient (Wildman–Crippen LogP) is 4.92. The Hall–Kier alpha value is -3.36. The van der Waals surface area contributed by atoms with Gasteiger partial charge in [0.25, 0.3) is 0 Å². The van der Waals surface area contributed by atoms with E-state index >= 15 is 0 Å². The molecule has 0 atom stereocenters. The van der Waals surface area contributed by atoms with Gasteiger partial charge in [-0.2, -0.15) is 0 Å². The van der Waals surface area contributed by atoms with Crippen molar-refractivity contribution >= 4 is 43.9 Å². The number of piperazine rings is 1. The standard InChI is InChI=1S/C27H25ClFN3O3S/c1-19-6-7-20(28)16-25(19)30-12-14-31(15-13-30)27(33)18-32-17-26(23-4-2-3-5-24(23)32)36(34,35)22-10-8-21(29)9-11-22/h2-11,16-17H,12-15,18H2,1H3. The number of fused-ring (bicyclic) bond motifs is 1. The molecule has 0 spiro atoms. The maximum atomic E-state index is 13.4. The second kappa shape index (κ2) is 9.59. The minimum atomic E-state index is -3.90. The number of nitrogens with zero attached hydrogens (tertiary/aromatic N) is 3. The topological polar surface area (TPSA) is 62.6 Å². The van der Waals surface area contributed by atoms with Crippen LogP contribution in [0.15, 0.2) is 82.7 Å². The Morgan fingerprint density at radius 1 is 0.972 bits per heavy atom. The molecule has 4 aromatic rings. The third kappa shape index (κ3) is 4.58. The molecule has 0 unspecified atom stereocenters. The Morgan fingerprint density at radius 3 is 2.39 bits per heavy atom. The molecular formula is C27H25ClFN3O3S. The number of anilines is 1. The molecule has 3 aromatic carbocycles. The van der Waals surface area contributed by atoms with Crippen LogP contribution >= 0.6 is 11.6 Å². The monoisotopic (exact) mass is 525 g/mol. The maximum Gasteiger partial charge on any atom is 0.242 e. The number of benzene rings is 3. The predicted molar refractivity (Wildman–Crippen MR) is 139 cm³/mol. The Labute approximate surface area is 214 Å². The average molecular weight is 526 g/mol. The fraction of sp³-hybridized carbons (Fsp3) is 0.222. The number of para-hydroxylation sites is 1. The van der Waals surface area contributed by atoms with E-state index in [4.69, 9.17) is 11.6 Å². The molecule has 0 radical (unpaired) electrons. The number of aromatic nitrogens is 1. The lowest BCUT2D eigenvalue weighted by molar-refractivity contribution is -0.132. The van der Waals surface area contributed by atoms with Crippen LogP contribution in [0.4, 0.5) is 10.1 Å². The quantitative estimate of drug-likeness (QED) is 0.347. The molecule has 1 aliphatic heterocycles. The van der Waals surface area contributed by atoms with Crippen molar-refractivity contribution in [3.63, 3.8) is 0 Å². The molecule has 36 heavy (non-hydrogen) atoms. The number of rotatable bonds is 5. The van der Waals surface area contributed by atoms with E-state index in [1.807, 2.05) is 31.2 Å². The highest BCUT2D eigenvalue weighted by Gasteiger charge is 2.26. The van der Waals surface area contributed by atoms with Crippen molar-refractivity contribution in [2.45, 2.75) is 23.3 Å². The first-order valence-electron chi connectivity index (χ1n) is 11.6. The van der Waals surface area contributed by atoms with E-state index in [0.717, 1.165) is 23.4 Å². The van der Waals surface area contributed by atoms with Crippen molar-refractivity contribution in [3.8, 4) is 0 Å². The number of hydrogen-bond acceptors (Lipinski definition) is 4.